The van der Waals surface area contributed by atoms with Crippen LogP contribution in [0, 0.1) is 23.0 Å². The maximum Gasteiger partial charge on any atom is 0.205 e. The van der Waals surface area contributed by atoms with Crippen LogP contribution in [0.15, 0.2) is 76.9 Å². The smallest absolute Gasteiger partial charge is 0.205 e. The van der Waals surface area contributed by atoms with Gasteiger partial charge in [0.25, 0.3) is 0 Å². The number of ether oxygens (including phenoxy) is 1. The highest BCUT2D eigenvalue weighted by molar-refractivity contribution is 5.62. The van der Waals surface area contributed by atoms with Crippen LogP contribution in [0.5, 0.6) is 0 Å². The fraction of sp³-hybridized carbons (Fsp3) is 0.174. The first kappa shape index (κ1) is 18.0. The third-order valence-electron chi connectivity index (χ3n) is 5.08. The first-order valence-electron chi connectivity index (χ1n) is 9.09. The SMILES string of the molecule is N#CC1=C(N)OC2=C(CCC/C2=C\c2cccc(F)c2)[C@H]1c1cccc(F)c1. The number of hydrogen-bond acceptors (Lipinski definition) is 3. The molecule has 2 aromatic carbocycles. The Hall–Kier alpha value is -3.39. The Morgan fingerprint density at radius 1 is 1.07 bits per heavy atom. The van der Waals surface area contributed by atoms with Crippen molar-refractivity contribution in [1.29, 1.82) is 5.26 Å². The zero-order valence-corrected chi connectivity index (χ0v) is 15.1. The maximum atomic E-state index is 13.9. The Balaban J connectivity index is 1.85. The van der Waals surface area contributed by atoms with Crippen molar-refractivity contribution in [3.05, 3.63) is 99.7 Å². The summed E-state index contributed by atoms with van der Waals surface area (Å²) in [4.78, 5) is 0. The van der Waals surface area contributed by atoms with Crippen LogP contribution in [-0.2, 0) is 4.74 Å². The third kappa shape index (κ3) is 3.29. The Bertz CT molecular complexity index is 1080. The summed E-state index contributed by atoms with van der Waals surface area (Å²) in [5, 5.41) is 9.64. The van der Waals surface area contributed by atoms with Crippen molar-refractivity contribution in [3.8, 4) is 6.07 Å². The predicted octanol–water partition coefficient (Wildman–Crippen LogP) is 5.29. The molecule has 0 bridgehead atoms. The van der Waals surface area contributed by atoms with Gasteiger partial charge in [0.15, 0.2) is 0 Å². The van der Waals surface area contributed by atoms with Gasteiger partial charge in [0.2, 0.25) is 5.88 Å². The highest BCUT2D eigenvalue weighted by Gasteiger charge is 2.35. The molecule has 4 rings (SSSR count). The fourth-order valence-electron chi connectivity index (χ4n) is 3.90. The van der Waals surface area contributed by atoms with Gasteiger partial charge in [-0.15, -0.1) is 0 Å². The molecule has 2 N–H and O–H groups in total. The van der Waals surface area contributed by atoms with E-state index in [1.54, 1.807) is 18.2 Å². The Labute approximate surface area is 162 Å². The zero-order chi connectivity index (χ0) is 19.7. The van der Waals surface area contributed by atoms with E-state index in [4.69, 9.17) is 10.5 Å². The van der Waals surface area contributed by atoms with E-state index >= 15 is 0 Å². The van der Waals surface area contributed by atoms with E-state index in [9.17, 15) is 14.0 Å². The second-order valence-corrected chi connectivity index (χ2v) is 6.91. The predicted molar refractivity (Wildman–Crippen MR) is 102 cm³/mol. The van der Waals surface area contributed by atoms with Crippen LogP contribution in [0.2, 0.25) is 0 Å². The molecule has 0 aromatic heterocycles. The van der Waals surface area contributed by atoms with Gasteiger partial charge in [-0.1, -0.05) is 24.3 Å². The topological polar surface area (TPSA) is 59.0 Å². The van der Waals surface area contributed by atoms with Gasteiger partial charge in [-0.05, 0) is 71.9 Å². The molecule has 1 heterocycles. The molecule has 28 heavy (non-hydrogen) atoms. The lowest BCUT2D eigenvalue weighted by atomic mass is 9.77. The van der Waals surface area contributed by atoms with Gasteiger partial charge in [0.05, 0.1) is 0 Å². The normalized spacial score (nSPS) is 20.6. The Morgan fingerprint density at radius 3 is 2.54 bits per heavy atom. The molecule has 3 nitrogen and oxygen atoms in total. The summed E-state index contributed by atoms with van der Waals surface area (Å²) in [6.45, 7) is 0. The molecule has 140 valence electrons. The Morgan fingerprint density at radius 2 is 1.82 bits per heavy atom. The molecule has 2 aliphatic rings. The number of benzene rings is 2. The van der Waals surface area contributed by atoms with E-state index in [1.165, 1.54) is 24.3 Å². The highest BCUT2D eigenvalue weighted by Crippen LogP contribution is 2.46. The minimum absolute atomic E-state index is 0.0301. The van der Waals surface area contributed by atoms with Crippen LogP contribution in [0.25, 0.3) is 6.08 Å². The van der Waals surface area contributed by atoms with Gasteiger partial charge in [0, 0.05) is 5.92 Å². The molecule has 0 unspecified atom stereocenters. The van der Waals surface area contributed by atoms with Crippen molar-refractivity contribution in [2.75, 3.05) is 0 Å². The lowest BCUT2D eigenvalue weighted by molar-refractivity contribution is 0.277. The monoisotopic (exact) mass is 376 g/mol. The minimum atomic E-state index is -0.444. The van der Waals surface area contributed by atoms with Crippen molar-refractivity contribution in [1.82, 2.24) is 0 Å². The summed E-state index contributed by atoms with van der Waals surface area (Å²) < 4.78 is 33.3. The minimum Gasteiger partial charge on any atom is -0.440 e. The van der Waals surface area contributed by atoms with Gasteiger partial charge in [-0.3, -0.25) is 0 Å². The van der Waals surface area contributed by atoms with Crippen LogP contribution in [-0.4, -0.2) is 0 Å². The molecule has 0 radical (unpaired) electrons. The van der Waals surface area contributed by atoms with Crippen LogP contribution >= 0.6 is 0 Å². The van der Waals surface area contributed by atoms with E-state index in [2.05, 4.69) is 6.07 Å². The first-order chi connectivity index (χ1) is 13.6. The first-order valence-corrected chi connectivity index (χ1v) is 9.09. The lowest BCUT2D eigenvalue weighted by Gasteiger charge is -2.33. The van der Waals surface area contributed by atoms with Crippen LogP contribution < -0.4 is 5.73 Å². The van der Waals surface area contributed by atoms with Gasteiger partial charge in [0.1, 0.15) is 29.0 Å². The number of allylic oxidation sites excluding steroid dienone is 3. The van der Waals surface area contributed by atoms with E-state index in [0.717, 1.165) is 36.0 Å². The molecule has 0 saturated carbocycles. The van der Waals surface area contributed by atoms with Crippen LogP contribution in [0.4, 0.5) is 8.78 Å². The second kappa shape index (κ2) is 7.32. The molecule has 2 aromatic rings. The van der Waals surface area contributed by atoms with Crippen LogP contribution in [0.3, 0.4) is 0 Å². The average molecular weight is 376 g/mol. The average Bonchev–Trinajstić information content (AvgIpc) is 2.67. The molecule has 1 atom stereocenters. The van der Waals surface area contributed by atoms with E-state index in [0.29, 0.717) is 11.3 Å². The quantitative estimate of drug-likeness (QED) is 0.774. The van der Waals surface area contributed by atoms with Gasteiger partial charge < -0.3 is 10.5 Å². The molecule has 1 aliphatic carbocycles. The molecular weight excluding hydrogens is 358 g/mol. The summed E-state index contributed by atoms with van der Waals surface area (Å²) in [5.41, 5.74) is 9.55. The molecular formula is C23H18F2N2O. The molecule has 0 spiro atoms. The molecule has 1 aliphatic heterocycles. The van der Waals surface area contributed by atoms with Crippen molar-refractivity contribution < 1.29 is 13.5 Å². The van der Waals surface area contributed by atoms with Crippen molar-refractivity contribution in [2.45, 2.75) is 25.2 Å². The number of nitrogens with zero attached hydrogens (tertiary/aromatic N) is 1. The molecule has 0 fully saturated rings. The summed E-state index contributed by atoms with van der Waals surface area (Å²) >= 11 is 0. The van der Waals surface area contributed by atoms with Crippen molar-refractivity contribution >= 4 is 6.08 Å². The van der Waals surface area contributed by atoms with Gasteiger partial charge in [-0.25, -0.2) is 8.78 Å². The standard InChI is InChI=1S/C23H18F2N2O/c24-17-7-1-4-14(11-17)10-16-6-3-9-19-21(15-5-2-8-18(25)12-15)20(13-26)23(27)28-22(16)19/h1-2,4-5,7-8,10-12,21H,3,6,9,27H2/b16-10+/t21-/m1/s1. The summed E-state index contributed by atoms with van der Waals surface area (Å²) in [5.74, 6) is -0.481. The van der Waals surface area contributed by atoms with Gasteiger partial charge >= 0.3 is 0 Å². The number of rotatable bonds is 2. The maximum absolute atomic E-state index is 13.9. The van der Waals surface area contributed by atoms with E-state index in [-0.39, 0.29) is 23.1 Å². The largest absolute Gasteiger partial charge is 0.440 e. The van der Waals surface area contributed by atoms with E-state index < -0.39 is 5.92 Å². The third-order valence-corrected chi connectivity index (χ3v) is 5.08. The number of nitriles is 1. The highest BCUT2D eigenvalue weighted by atomic mass is 19.1. The number of hydrogen-bond donors (Lipinski definition) is 1. The summed E-state index contributed by atoms with van der Waals surface area (Å²) in [6.07, 6.45) is 4.20. The molecule has 0 saturated heterocycles. The summed E-state index contributed by atoms with van der Waals surface area (Å²) in [7, 11) is 0. The van der Waals surface area contributed by atoms with Gasteiger partial charge in [-0.2, -0.15) is 5.26 Å². The Kier molecular flexibility index (Phi) is 4.70. The van der Waals surface area contributed by atoms with Crippen LogP contribution in [0.1, 0.15) is 36.3 Å². The number of halogens is 2. The number of nitrogens with two attached hydrogens (primary N) is 1. The fourth-order valence-corrected chi connectivity index (χ4v) is 3.90. The zero-order valence-electron chi connectivity index (χ0n) is 15.1. The van der Waals surface area contributed by atoms with E-state index in [1.807, 2.05) is 12.1 Å². The molecule has 5 heteroatoms. The second-order valence-electron chi connectivity index (χ2n) is 6.91. The summed E-state index contributed by atoms with van der Waals surface area (Å²) in [6, 6.07) is 14.7. The van der Waals surface area contributed by atoms with Crippen molar-refractivity contribution in [3.63, 3.8) is 0 Å². The lowest BCUT2D eigenvalue weighted by Crippen LogP contribution is -2.23. The molecule has 0 amide bonds. The van der Waals surface area contributed by atoms with Crippen molar-refractivity contribution in [2.24, 2.45) is 5.73 Å².